The number of carbonyl (C=O) groups excluding carboxylic acids is 1. The first kappa shape index (κ1) is 14.3. The Balaban J connectivity index is 3.76. The topological polar surface area (TPSA) is 43.1 Å². The van der Waals surface area contributed by atoms with Crippen LogP contribution in [0.25, 0.3) is 0 Å². The Bertz CT molecular complexity index is 488. The normalized spacial score (nSPS) is 12.6. The number of amides is 1. The van der Waals surface area contributed by atoms with E-state index in [2.05, 4.69) is 5.73 Å². The average Bonchev–Trinajstić information content (AvgIpc) is 2.12. The first-order chi connectivity index (χ1) is 7.94. The van der Waals surface area contributed by atoms with E-state index in [9.17, 15) is 31.1 Å². The molecule has 2 N–H and O–H groups in total. The van der Waals surface area contributed by atoms with E-state index in [0.29, 0.717) is 12.1 Å². The Hall–Kier alpha value is -1.73. The third kappa shape index (κ3) is 2.74. The molecule has 0 aliphatic heterocycles. The van der Waals surface area contributed by atoms with Gasteiger partial charge in [0.05, 0.1) is 16.7 Å². The van der Waals surface area contributed by atoms with E-state index >= 15 is 0 Å². The molecule has 0 aromatic heterocycles. The third-order valence-electron chi connectivity index (χ3n) is 2.14. The van der Waals surface area contributed by atoms with Crippen LogP contribution in [0.5, 0.6) is 0 Å². The molecule has 0 saturated heterocycles. The minimum atomic E-state index is -5.32. The second kappa shape index (κ2) is 4.18. The fraction of sp³-hybridized carbons (Fsp3) is 0.300. The molecule has 2 nitrogen and oxygen atoms in total. The van der Waals surface area contributed by atoms with Crippen molar-refractivity contribution in [3.8, 4) is 0 Å². The molecule has 0 bridgehead atoms. The predicted molar refractivity (Wildman–Crippen MR) is 49.7 cm³/mol. The molecule has 0 saturated carbocycles. The van der Waals surface area contributed by atoms with E-state index in [1.165, 1.54) is 0 Å². The van der Waals surface area contributed by atoms with E-state index < -0.39 is 35.0 Å². The Kier molecular flexibility index (Phi) is 3.33. The second-order valence-electron chi connectivity index (χ2n) is 3.59. The fourth-order valence-electron chi connectivity index (χ4n) is 1.51. The van der Waals surface area contributed by atoms with Crippen LogP contribution in [0.15, 0.2) is 12.1 Å². The summed E-state index contributed by atoms with van der Waals surface area (Å²) in [6.07, 6.45) is -10.5. The number of nitrogens with two attached hydrogens (primary N) is 1. The quantitative estimate of drug-likeness (QED) is 0.783. The molecule has 0 heterocycles. The zero-order chi connectivity index (χ0) is 14.3. The minimum absolute atomic E-state index is 0.135. The van der Waals surface area contributed by atoms with Gasteiger partial charge in [-0.2, -0.15) is 26.3 Å². The highest BCUT2D eigenvalue weighted by Crippen LogP contribution is 2.42. The van der Waals surface area contributed by atoms with Gasteiger partial charge in [0, 0.05) is 0 Å². The van der Waals surface area contributed by atoms with Crippen LogP contribution in [0.3, 0.4) is 0 Å². The van der Waals surface area contributed by atoms with Crippen LogP contribution in [0.4, 0.5) is 26.3 Å². The molecule has 0 aliphatic rings. The third-order valence-corrected chi connectivity index (χ3v) is 2.14. The lowest BCUT2D eigenvalue weighted by molar-refractivity contribution is -0.162. The maximum atomic E-state index is 12.6. The van der Waals surface area contributed by atoms with Crippen molar-refractivity contribution in [1.82, 2.24) is 0 Å². The molecule has 1 rings (SSSR count). The minimum Gasteiger partial charge on any atom is -0.366 e. The number of hydrogen-bond acceptors (Lipinski definition) is 1. The number of aryl methyl sites for hydroxylation is 1. The summed E-state index contributed by atoms with van der Waals surface area (Å²) >= 11 is 0. The molecule has 1 aromatic carbocycles. The van der Waals surface area contributed by atoms with Crippen molar-refractivity contribution in [2.45, 2.75) is 19.3 Å². The van der Waals surface area contributed by atoms with Gasteiger partial charge >= 0.3 is 12.4 Å². The summed E-state index contributed by atoms with van der Waals surface area (Å²) in [5.41, 5.74) is -0.596. The van der Waals surface area contributed by atoms with Gasteiger partial charge in [-0.05, 0) is 24.6 Å². The van der Waals surface area contributed by atoms with Crippen LogP contribution in [0, 0.1) is 6.92 Å². The standard InChI is InChI=1S/C10H7F6NO/c1-4-2-5(8(17)18)7(10(14,15)16)6(3-4)9(11,12)13/h2-3H,1H3,(H2,17,18). The zero-order valence-corrected chi connectivity index (χ0v) is 8.91. The lowest BCUT2D eigenvalue weighted by Gasteiger charge is -2.18. The van der Waals surface area contributed by atoms with Crippen LogP contribution in [0.1, 0.15) is 27.0 Å². The molecular formula is C10H7F6NO. The van der Waals surface area contributed by atoms with Gasteiger partial charge in [0.1, 0.15) is 0 Å². The van der Waals surface area contributed by atoms with E-state index in [-0.39, 0.29) is 5.56 Å². The zero-order valence-electron chi connectivity index (χ0n) is 8.91. The SMILES string of the molecule is Cc1cc(C(N)=O)c(C(F)(F)F)c(C(F)(F)F)c1. The number of alkyl halides is 6. The highest BCUT2D eigenvalue weighted by Gasteiger charge is 2.45. The summed E-state index contributed by atoms with van der Waals surface area (Å²) in [5, 5.41) is 0. The molecule has 0 fully saturated rings. The first-order valence-corrected chi connectivity index (χ1v) is 4.53. The number of rotatable bonds is 1. The van der Waals surface area contributed by atoms with Crippen molar-refractivity contribution in [2.75, 3.05) is 0 Å². The Morgan fingerprint density at radius 3 is 1.89 bits per heavy atom. The van der Waals surface area contributed by atoms with Crippen LogP contribution in [-0.4, -0.2) is 5.91 Å². The summed E-state index contributed by atoms with van der Waals surface area (Å²) in [4.78, 5) is 10.9. The summed E-state index contributed by atoms with van der Waals surface area (Å²) in [5.74, 6) is -1.56. The fourth-order valence-corrected chi connectivity index (χ4v) is 1.51. The molecule has 1 aromatic rings. The lowest BCUT2D eigenvalue weighted by Crippen LogP contribution is -2.24. The number of primary amides is 1. The van der Waals surface area contributed by atoms with Gasteiger partial charge in [-0.1, -0.05) is 0 Å². The van der Waals surface area contributed by atoms with Gasteiger partial charge in [0.25, 0.3) is 0 Å². The van der Waals surface area contributed by atoms with E-state index in [4.69, 9.17) is 0 Å². The molecular weight excluding hydrogens is 264 g/mol. The van der Waals surface area contributed by atoms with Crippen molar-refractivity contribution in [3.63, 3.8) is 0 Å². The highest BCUT2D eigenvalue weighted by molar-refractivity contribution is 5.95. The Morgan fingerprint density at radius 2 is 1.56 bits per heavy atom. The molecule has 0 spiro atoms. The maximum Gasteiger partial charge on any atom is 0.417 e. The average molecular weight is 271 g/mol. The second-order valence-corrected chi connectivity index (χ2v) is 3.59. The molecule has 1 amide bonds. The highest BCUT2D eigenvalue weighted by atomic mass is 19.4. The summed E-state index contributed by atoms with van der Waals surface area (Å²) in [6.45, 7) is 1.14. The number of hydrogen-bond donors (Lipinski definition) is 1. The van der Waals surface area contributed by atoms with Gasteiger partial charge in [-0.25, -0.2) is 0 Å². The van der Waals surface area contributed by atoms with Gasteiger partial charge in [0.15, 0.2) is 0 Å². The molecule has 18 heavy (non-hydrogen) atoms. The van der Waals surface area contributed by atoms with E-state index in [0.717, 1.165) is 6.92 Å². The van der Waals surface area contributed by atoms with E-state index in [1.807, 2.05) is 0 Å². The number of benzene rings is 1. The summed E-state index contributed by atoms with van der Waals surface area (Å²) < 4.78 is 75.5. The van der Waals surface area contributed by atoms with Crippen molar-refractivity contribution in [3.05, 3.63) is 34.4 Å². The molecule has 100 valence electrons. The summed E-state index contributed by atoms with van der Waals surface area (Å²) in [6, 6.07) is 1.01. The smallest absolute Gasteiger partial charge is 0.366 e. The Labute approximate surface area is 97.4 Å². The first-order valence-electron chi connectivity index (χ1n) is 4.53. The molecule has 0 radical (unpaired) electrons. The number of carbonyl (C=O) groups is 1. The van der Waals surface area contributed by atoms with Gasteiger partial charge in [0.2, 0.25) is 5.91 Å². The molecule has 0 unspecified atom stereocenters. The molecule has 0 aliphatic carbocycles. The summed E-state index contributed by atoms with van der Waals surface area (Å²) in [7, 11) is 0. The van der Waals surface area contributed by atoms with Crippen molar-refractivity contribution < 1.29 is 31.1 Å². The predicted octanol–water partition coefficient (Wildman–Crippen LogP) is 3.13. The van der Waals surface area contributed by atoms with Crippen molar-refractivity contribution in [1.29, 1.82) is 0 Å². The maximum absolute atomic E-state index is 12.6. The van der Waals surface area contributed by atoms with E-state index in [1.54, 1.807) is 0 Å². The van der Waals surface area contributed by atoms with Gasteiger partial charge < -0.3 is 5.73 Å². The Morgan fingerprint density at radius 1 is 1.06 bits per heavy atom. The van der Waals surface area contributed by atoms with Crippen molar-refractivity contribution >= 4 is 5.91 Å². The van der Waals surface area contributed by atoms with Gasteiger partial charge in [-0.15, -0.1) is 0 Å². The van der Waals surface area contributed by atoms with Crippen LogP contribution in [0.2, 0.25) is 0 Å². The lowest BCUT2D eigenvalue weighted by atomic mass is 9.96. The monoisotopic (exact) mass is 271 g/mol. The molecule has 0 atom stereocenters. The van der Waals surface area contributed by atoms with Crippen LogP contribution < -0.4 is 5.73 Å². The molecule has 8 heteroatoms. The van der Waals surface area contributed by atoms with Crippen LogP contribution in [-0.2, 0) is 12.4 Å². The van der Waals surface area contributed by atoms with Crippen molar-refractivity contribution in [2.24, 2.45) is 5.73 Å². The van der Waals surface area contributed by atoms with Gasteiger partial charge in [-0.3, -0.25) is 4.79 Å². The number of halogens is 6. The largest absolute Gasteiger partial charge is 0.417 e. The van der Waals surface area contributed by atoms with Crippen LogP contribution >= 0.6 is 0 Å².